The SMILES string of the molecule is Cc1cc(C[C@@H](C)NC(=O)C2=NNC(=O)CC2)n[nH]1. The summed E-state index contributed by atoms with van der Waals surface area (Å²) in [5.74, 6) is -0.392. The van der Waals surface area contributed by atoms with Gasteiger partial charge in [0.1, 0.15) is 5.71 Å². The van der Waals surface area contributed by atoms with E-state index in [-0.39, 0.29) is 17.9 Å². The molecule has 1 atom stereocenters. The summed E-state index contributed by atoms with van der Waals surface area (Å²) in [5, 5.41) is 13.6. The first-order valence-corrected chi connectivity index (χ1v) is 6.21. The first-order valence-electron chi connectivity index (χ1n) is 6.21. The normalized spacial score (nSPS) is 16.5. The number of aromatic amines is 1. The van der Waals surface area contributed by atoms with Gasteiger partial charge in [-0.1, -0.05) is 0 Å². The molecule has 102 valence electrons. The van der Waals surface area contributed by atoms with Crippen molar-refractivity contribution in [3.63, 3.8) is 0 Å². The zero-order valence-electron chi connectivity index (χ0n) is 11.0. The second-order valence-electron chi connectivity index (χ2n) is 4.71. The number of amides is 2. The monoisotopic (exact) mass is 263 g/mol. The lowest BCUT2D eigenvalue weighted by Crippen LogP contribution is -2.41. The fraction of sp³-hybridized carbons (Fsp3) is 0.500. The molecule has 0 saturated carbocycles. The minimum atomic E-state index is -0.236. The van der Waals surface area contributed by atoms with E-state index in [0.717, 1.165) is 11.4 Å². The fourth-order valence-corrected chi connectivity index (χ4v) is 1.89. The second-order valence-corrected chi connectivity index (χ2v) is 4.71. The van der Waals surface area contributed by atoms with Crippen LogP contribution < -0.4 is 10.7 Å². The molecule has 1 aliphatic rings. The van der Waals surface area contributed by atoms with Crippen molar-refractivity contribution < 1.29 is 9.59 Å². The van der Waals surface area contributed by atoms with E-state index in [1.54, 1.807) is 0 Å². The third-order valence-electron chi connectivity index (χ3n) is 2.82. The van der Waals surface area contributed by atoms with Crippen LogP contribution in [0.3, 0.4) is 0 Å². The molecule has 1 aromatic heterocycles. The van der Waals surface area contributed by atoms with Gasteiger partial charge >= 0.3 is 0 Å². The molecule has 2 amide bonds. The van der Waals surface area contributed by atoms with Crippen LogP contribution in [-0.2, 0) is 16.0 Å². The molecule has 2 heterocycles. The average Bonchev–Trinajstić information content (AvgIpc) is 2.75. The fourth-order valence-electron chi connectivity index (χ4n) is 1.89. The molecular formula is C12H17N5O2. The van der Waals surface area contributed by atoms with Gasteiger partial charge in [0.2, 0.25) is 5.91 Å². The molecule has 19 heavy (non-hydrogen) atoms. The van der Waals surface area contributed by atoms with Crippen molar-refractivity contribution in [3.8, 4) is 0 Å². The van der Waals surface area contributed by atoms with E-state index in [1.807, 2.05) is 19.9 Å². The molecule has 0 aliphatic carbocycles. The third kappa shape index (κ3) is 3.64. The summed E-state index contributed by atoms with van der Waals surface area (Å²) in [6.45, 7) is 3.84. The summed E-state index contributed by atoms with van der Waals surface area (Å²) in [4.78, 5) is 22.8. The minimum absolute atomic E-state index is 0.0458. The van der Waals surface area contributed by atoms with Crippen LogP contribution in [0.25, 0.3) is 0 Å². The van der Waals surface area contributed by atoms with Crippen molar-refractivity contribution in [2.24, 2.45) is 5.10 Å². The lowest BCUT2D eigenvalue weighted by atomic mass is 10.1. The maximum Gasteiger partial charge on any atom is 0.267 e. The Morgan fingerprint density at radius 2 is 2.32 bits per heavy atom. The molecule has 0 unspecified atom stereocenters. The number of rotatable bonds is 4. The number of H-pyrrole nitrogens is 1. The number of aromatic nitrogens is 2. The van der Waals surface area contributed by atoms with Crippen molar-refractivity contribution in [2.45, 2.75) is 39.2 Å². The van der Waals surface area contributed by atoms with E-state index in [9.17, 15) is 9.59 Å². The largest absolute Gasteiger partial charge is 0.348 e. The number of hydrogen-bond acceptors (Lipinski definition) is 4. The van der Waals surface area contributed by atoms with E-state index in [1.165, 1.54) is 0 Å². The lowest BCUT2D eigenvalue weighted by molar-refractivity contribution is -0.121. The van der Waals surface area contributed by atoms with Gasteiger partial charge in [0, 0.05) is 31.0 Å². The zero-order chi connectivity index (χ0) is 13.8. The van der Waals surface area contributed by atoms with Crippen LogP contribution in [-0.4, -0.2) is 33.8 Å². The van der Waals surface area contributed by atoms with Gasteiger partial charge in [0.05, 0.1) is 5.69 Å². The van der Waals surface area contributed by atoms with Crippen molar-refractivity contribution in [1.82, 2.24) is 20.9 Å². The highest BCUT2D eigenvalue weighted by atomic mass is 16.2. The van der Waals surface area contributed by atoms with E-state index in [4.69, 9.17) is 0 Å². The van der Waals surface area contributed by atoms with Crippen LogP contribution in [0.4, 0.5) is 0 Å². The topological polar surface area (TPSA) is 99.2 Å². The summed E-state index contributed by atoms with van der Waals surface area (Å²) in [5.41, 5.74) is 4.58. The number of nitrogens with zero attached hydrogens (tertiary/aromatic N) is 2. The van der Waals surface area contributed by atoms with Gasteiger partial charge in [-0.05, 0) is 19.9 Å². The molecule has 3 N–H and O–H groups in total. The average molecular weight is 263 g/mol. The van der Waals surface area contributed by atoms with Crippen molar-refractivity contribution in [1.29, 1.82) is 0 Å². The Morgan fingerprint density at radius 3 is 2.89 bits per heavy atom. The quantitative estimate of drug-likeness (QED) is 0.714. The lowest BCUT2D eigenvalue weighted by Gasteiger charge is -2.15. The molecule has 0 fully saturated rings. The Hall–Kier alpha value is -2.18. The molecule has 1 aliphatic heterocycles. The Bertz CT molecular complexity index is 520. The molecule has 1 aromatic rings. The standard InChI is InChI=1S/C12H17N5O2/c1-7(5-9-6-8(2)14-15-9)13-12(19)10-3-4-11(18)17-16-10/h6-7H,3-5H2,1-2H3,(H,13,19)(H,14,15)(H,17,18)/t7-/m1/s1. The van der Waals surface area contributed by atoms with Crippen LogP contribution in [0.1, 0.15) is 31.2 Å². The summed E-state index contributed by atoms with van der Waals surface area (Å²) >= 11 is 0. The summed E-state index contributed by atoms with van der Waals surface area (Å²) < 4.78 is 0. The zero-order valence-corrected chi connectivity index (χ0v) is 11.0. The first kappa shape index (κ1) is 13.3. The molecular weight excluding hydrogens is 246 g/mol. The molecule has 0 radical (unpaired) electrons. The predicted molar refractivity (Wildman–Crippen MR) is 69.4 cm³/mol. The van der Waals surface area contributed by atoms with Crippen LogP contribution in [0.2, 0.25) is 0 Å². The molecule has 0 saturated heterocycles. The Morgan fingerprint density at radius 1 is 1.53 bits per heavy atom. The Kier molecular flexibility index (Phi) is 3.94. The highest BCUT2D eigenvalue weighted by Gasteiger charge is 2.19. The van der Waals surface area contributed by atoms with E-state index in [2.05, 4.69) is 26.0 Å². The highest BCUT2D eigenvalue weighted by molar-refractivity contribution is 6.39. The number of aryl methyl sites for hydroxylation is 1. The van der Waals surface area contributed by atoms with Gasteiger partial charge in [0.15, 0.2) is 0 Å². The number of carbonyl (C=O) groups excluding carboxylic acids is 2. The van der Waals surface area contributed by atoms with Crippen LogP contribution in [0.15, 0.2) is 11.2 Å². The molecule has 2 rings (SSSR count). The van der Waals surface area contributed by atoms with Crippen LogP contribution in [0, 0.1) is 6.92 Å². The number of nitrogens with one attached hydrogen (secondary N) is 3. The summed E-state index contributed by atoms with van der Waals surface area (Å²) in [7, 11) is 0. The van der Waals surface area contributed by atoms with E-state index >= 15 is 0 Å². The maximum atomic E-state index is 11.9. The van der Waals surface area contributed by atoms with Gasteiger partial charge in [0.25, 0.3) is 5.91 Å². The van der Waals surface area contributed by atoms with Gasteiger partial charge < -0.3 is 5.32 Å². The van der Waals surface area contributed by atoms with Crippen molar-refractivity contribution in [3.05, 3.63) is 17.5 Å². The minimum Gasteiger partial charge on any atom is -0.348 e. The number of carbonyl (C=O) groups is 2. The van der Waals surface area contributed by atoms with Gasteiger partial charge in [-0.2, -0.15) is 10.2 Å². The molecule has 0 bridgehead atoms. The first-order chi connectivity index (χ1) is 9.04. The van der Waals surface area contributed by atoms with Crippen LogP contribution >= 0.6 is 0 Å². The Labute approximate surface area is 110 Å². The third-order valence-corrected chi connectivity index (χ3v) is 2.82. The Balaban J connectivity index is 1.86. The van der Waals surface area contributed by atoms with Crippen LogP contribution in [0.5, 0.6) is 0 Å². The smallest absolute Gasteiger partial charge is 0.267 e. The van der Waals surface area contributed by atoms with Crippen molar-refractivity contribution >= 4 is 17.5 Å². The van der Waals surface area contributed by atoms with Gasteiger partial charge in [-0.3, -0.25) is 14.7 Å². The highest BCUT2D eigenvalue weighted by Crippen LogP contribution is 2.03. The summed E-state index contributed by atoms with van der Waals surface area (Å²) in [6, 6.07) is 1.90. The van der Waals surface area contributed by atoms with E-state index in [0.29, 0.717) is 25.0 Å². The number of hydrogen-bond donors (Lipinski definition) is 3. The molecule has 0 aromatic carbocycles. The van der Waals surface area contributed by atoms with Gasteiger partial charge in [-0.15, -0.1) is 0 Å². The summed E-state index contributed by atoms with van der Waals surface area (Å²) in [6.07, 6.45) is 1.33. The van der Waals surface area contributed by atoms with Gasteiger partial charge in [-0.25, -0.2) is 5.43 Å². The maximum absolute atomic E-state index is 11.9. The molecule has 7 heteroatoms. The number of hydrazone groups is 1. The molecule has 0 spiro atoms. The van der Waals surface area contributed by atoms with E-state index < -0.39 is 0 Å². The molecule has 7 nitrogen and oxygen atoms in total. The predicted octanol–water partition coefficient (Wildman–Crippen LogP) is 0.0313. The second kappa shape index (κ2) is 5.64. The van der Waals surface area contributed by atoms with Crippen molar-refractivity contribution in [2.75, 3.05) is 0 Å².